The van der Waals surface area contributed by atoms with E-state index in [4.69, 9.17) is 4.42 Å². The molecule has 0 aromatic carbocycles. The number of nitrogens with zero attached hydrogens (tertiary/aromatic N) is 2. The Hall–Kier alpha value is -1.65. The van der Waals surface area contributed by atoms with Crippen LogP contribution in [0.3, 0.4) is 0 Å². The lowest BCUT2D eigenvalue weighted by molar-refractivity contribution is 0.0832. The Morgan fingerprint density at radius 2 is 1.80 bits per heavy atom. The van der Waals surface area contributed by atoms with Gasteiger partial charge >= 0.3 is 0 Å². The van der Waals surface area contributed by atoms with Crippen molar-refractivity contribution >= 4 is 0 Å². The average molecular weight is 271 g/mol. The van der Waals surface area contributed by atoms with Crippen molar-refractivity contribution in [3.63, 3.8) is 0 Å². The van der Waals surface area contributed by atoms with Crippen LogP contribution in [0.1, 0.15) is 19.6 Å². The number of rotatable bonds is 3. The topological polar surface area (TPSA) is 41.3 Å². The Morgan fingerprint density at radius 3 is 2.50 bits per heavy atom. The molecule has 20 heavy (non-hydrogen) atoms. The van der Waals surface area contributed by atoms with E-state index in [2.05, 4.69) is 41.2 Å². The lowest BCUT2D eigenvalue weighted by atomic mass is 9.98. The Bertz CT molecular complexity index is 556. The average Bonchev–Trinajstić information content (AvgIpc) is 3.00. The molecule has 0 amide bonds. The maximum Gasteiger partial charge on any atom is 0.134 e. The third-order valence-electron chi connectivity index (χ3n) is 4.08. The van der Waals surface area contributed by atoms with Crippen LogP contribution in [0, 0.1) is 0 Å². The predicted octanol–water partition coefficient (Wildman–Crippen LogP) is 2.48. The summed E-state index contributed by atoms with van der Waals surface area (Å²) in [6.45, 7) is 8.65. The van der Waals surface area contributed by atoms with E-state index in [9.17, 15) is 0 Å². The van der Waals surface area contributed by atoms with Crippen molar-refractivity contribution < 1.29 is 4.42 Å². The maximum atomic E-state index is 6.10. The number of nitrogens with one attached hydrogen (secondary N) is 1. The van der Waals surface area contributed by atoms with Crippen LogP contribution in [0.15, 0.2) is 41.1 Å². The summed E-state index contributed by atoms with van der Waals surface area (Å²) in [6, 6.07) is 8.09. The summed E-state index contributed by atoms with van der Waals surface area (Å²) in [5.74, 6) is 1.93. The molecule has 0 unspecified atom stereocenters. The molecular weight excluding hydrogens is 250 g/mol. The van der Waals surface area contributed by atoms with Crippen LogP contribution < -0.4 is 5.32 Å². The first-order valence-corrected chi connectivity index (χ1v) is 7.14. The Morgan fingerprint density at radius 1 is 1.10 bits per heavy atom. The maximum absolute atomic E-state index is 6.10. The molecule has 0 bridgehead atoms. The molecule has 0 spiro atoms. The second-order valence-electron chi connectivity index (χ2n) is 5.70. The molecule has 0 saturated carbocycles. The zero-order valence-electron chi connectivity index (χ0n) is 12.1. The second kappa shape index (κ2) is 5.38. The number of aromatic nitrogens is 1. The quantitative estimate of drug-likeness (QED) is 0.931. The van der Waals surface area contributed by atoms with Crippen molar-refractivity contribution in [2.24, 2.45) is 0 Å². The highest BCUT2D eigenvalue weighted by Gasteiger charge is 2.32. The molecule has 1 fully saturated rings. The van der Waals surface area contributed by atoms with E-state index in [1.54, 1.807) is 12.4 Å². The van der Waals surface area contributed by atoms with Crippen molar-refractivity contribution in [3.8, 4) is 11.3 Å². The molecule has 2 aromatic rings. The van der Waals surface area contributed by atoms with E-state index in [1.807, 2.05) is 12.1 Å². The van der Waals surface area contributed by atoms with E-state index in [1.165, 1.54) is 0 Å². The van der Waals surface area contributed by atoms with Crippen LogP contribution in [0.25, 0.3) is 11.3 Å². The minimum atomic E-state index is -0.0760. The van der Waals surface area contributed by atoms with Gasteiger partial charge in [-0.2, -0.15) is 0 Å². The fraction of sp³-hybridized carbons (Fsp3) is 0.438. The molecule has 4 nitrogen and oxygen atoms in total. The summed E-state index contributed by atoms with van der Waals surface area (Å²) in [5, 5.41) is 3.39. The van der Waals surface area contributed by atoms with Gasteiger partial charge in [-0.05, 0) is 38.1 Å². The van der Waals surface area contributed by atoms with Gasteiger partial charge < -0.3 is 9.73 Å². The summed E-state index contributed by atoms with van der Waals surface area (Å²) in [7, 11) is 0. The zero-order chi connectivity index (χ0) is 14.0. The van der Waals surface area contributed by atoms with Crippen LogP contribution in [0.4, 0.5) is 0 Å². The highest BCUT2D eigenvalue weighted by atomic mass is 16.3. The van der Waals surface area contributed by atoms with E-state index in [-0.39, 0.29) is 5.54 Å². The zero-order valence-corrected chi connectivity index (χ0v) is 12.1. The van der Waals surface area contributed by atoms with Gasteiger partial charge in [0.2, 0.25) is 0 Å². The molecule has 106 valence electrons. The lowest BCUT2D eigenvalue weighted by Crippen LogP contribution is -2.51. The number of furan rings is 1. The summed E-state index contributed by atoms with van der Waals surface area (Å²) >= 11 is 0. The molecule has 0 aliphatic carbocycles. The molecular formula is C16H21N3O. The van der Waals surface area contributed by atoms with Crippen molar-refractivity contribution in [1.29, 1.82) is 0 Å². The van der Waals surface area contributed by atoms with E-state index in [0.717, 1.165) is 43.3 Å². The standard InChI is InChI=1S/C16H21N3O/c1-16(2,19-11-9-18-10-12-19)15-4-3-14(20-15)13-5-7-17-8-6-13/h3-8,18H,9-12H2,1-2H3. The number of piperazine rings is 1. The summed E-state index contributed by atoms with van der Waals surface area (Å²) in [5.41, 5.74) is 0.996. The molecule has 0 radical (unpaired) electrons. The monoisotopic (exact) mass is 271 g/mol. The molecule has 1 aliphatic heterocycles. The third kappa shape index (κ3) is 2.49. The van der Waals surface area contributed by atoms with Crippen LogP contribution in [-0.4, -0.2) is 36.1 Å². The minimum Gasteiger partial charge on any atom is -0.459 e. The van der Waals surface area contributed by atoms with Crippen LogP contribution in [0.5, 0.6) is 0 Å². The molecule has 4 heteroatoms. The second-order valence-corrected chi connectivity index (χ2v) is 5.70. The molecule has 1 aliphatic rings. The third-order valence-corrected chi connectivity index (χ3v) is 4.08. The highest BCUT2D eigenvalue weighted by molar-refractivity contribution is 5.56. The van der Waals surface area contributed by atoms with Gasteiger partial charge in [-0.15, -0.1) is 0 Å². The van der Waals surface area contributed by atoms with Crippen molar-refractivity contribution in [1.82, 2.24) is 15.2 Å². The normalized spacial score (nSPS) is 17.3. The molecule has 2 aromatic heterocycles. The van der Waals surface area contributed by atoms with Crippen molar-refractivity contribution in [2.75, 3.05) is 26.2 Å². The first-order chi connectivity index (χ1) is 9.68. The Balaban J connectivity index is 1.85. The van der Waals surface area contributed by atoms with Gasteiger partial charge in [0, 0.05) is 44.1 Å². The first kappa shape index (κ1) is 13.3. The number of hydrogen-bond donors (Lipinski definition) is 1. The van der Waals surface area contributed by atoms with Gasteiger partial charge in [0.25, 0.3) is 0 Å². The lowest BCUT2D eigenvalue weighted by Gasteiger charge is -2.39. The van der Waals surface area contributed by atoms with Crippen LogP contribution >= 0.6 is 0 Å². The smallest absolute Gasteiger partial charge is 0.134 e. The van der Waals surface area contributed by atoms with Crippen LogP contribution in [0.2, 0.25) is 0 Å². The van der Waals surface area contributed by atoms with Gasteiger partial charge in [-0.3, -0.25) is 9.88 Å². The minimum absolute atomic E-state index is 0.0760. The largest absolute Gasteiger partial charge is 0.459 e. The molecule has 3 rings (SSSR count). The van der Waals surface area contributed by atoms with Crippen molar-refractivity contribution in [3.05, 3.63) is 42.4 Å². The predicted molar refractivity (Wildman–Crippen MR) is 79.4 cm³/mol. The SMILES string of the molecule is CC(C)(c1ccc(-c2ccncc2)o1)N1CCNCC1. The van der Waals surface area contributed by atoms with Crippen molar-refractivity contribution in [2.45, 2.75) is 19.4 Å². The van der Waals surface area contributed by atoms with Crippen LogP contribution in [-0.2, 0) is 5.54 Å². The van der Waals surface area contributed by atoms with Gasteiger partial charge in [-0.25, -0.2) is 0 Å². The fourth-order valence-corrected chi connectivity index (χ4v) is 2.72. The first-order valence-electron chi connectivity index (χ1n) is 7.14. The van der Waals surface area contributed by atoms with Gasteiger partial charge in [0.15, 0.2) is 0 Å². The van der Waals surface area contributed by atoms with E-state index >= 15 is 0 Å². The van der Waals surface area contributed by atoms with Gasteiger partial charge in [-0.1, -0.05) is 0 Å². The fourth-order valence-electron chi connectivity index (χ4n) is 2.72. The highest BCUT2D eigenvalue weighted by Crippen LogP contribution is 2.32. The summed E-state index contributed by atoms with van der Waals surface area (Å²) in [4.78, 5) is 6.51. The van der Waals surface area contributed by atoms with Gasteiger partial charge in [0.05, 0.1) is 5.54 Å². The number of hydrogen-bond acceptors (Lipinski definition) is 4. The van der Waals surface area contributed by atoms with E-state index < -0.39 is 0 Å². The Labute approximate surface area is 119 Å². The molecule has 0 atom stereocenters. The van der Waals surface area contributed by atoms with E-state index in [0.29, 0.717) is 0 Å². The Kier molecular flexibility index (Phi) is 3.59. The summed E-state index contributed by atoms with van der Waals surface area (Å²) in [6.07, 6.45) is 3.58. The molecule has 3 heterocycles. The molecule has 1 N–H and O–H groups in total. The number of pyridine rings is 1. The molecule has 1 saturated heterocycles. The van der Waals surface area contributed by atoms with Gasteiger partial charge in [0.1, 0.15) is 11.5 Å². The summed E-state index contributed by atoms with van der Waals surface area (Å²) < 4.78 is 6.10.